The van der Waals surface area contributed by atoms with Gasteiger partial charge in [0.1, 0.15) is 0 Å². The third-order valence-electron chi connectivity index (χ3n) is 2.76. The summed E-state index contributed by atoms with van der Waals surface area (Å²) in [6.45, 7) is 4.14. The van der Waals surface area contributed by atoms with Crippen LogP contribution in [0.25, 0.3) is 0 Å². The third-order valence-corrected chi connectivity index (χ3v) is 3.50. The Morgan fingerprint density at radius 3 is 2.76 bits per heavy atom. The number of nitrogens with two attached hydrogens (primary N) is 1. The van der Waals surface area contributed by atoms with Crippen LogP contribution in [0.1, 0.15) is 29.6 Å². The fourth-order valence-electron chi connectivity index (χ4n) is 1.92. The molecule has 2 heterocycles. The van der Waals surface area contributed by atoms with E-state index in [4.69, 9.17) is 10.5 Å². The van der Waals surface area contributed by atoms with E-state index in [1.165, 1.54) is 0 Å². The second kappa shape index (κ2) is 5.42. The summed E-state index contributed by atoms with van der Waals surface area (Å²) in [7, 11) is 0. The predicted molar refractivity (Wildman–Crippen MR) is 64.9 cm³/mol. The van der Waals surface area contributed by atoms with Crippen LogP contribution in [0.15, 0.2) is 0 Å². The van der Waals surface area contributed by atoms with Crippen molar-refractivity contribution in [2.24, 2.45) is 0 Å². The van der Waals surface area contributed by atoms with Crippen molar-refractivity contribution in [3.8, 4) is 0 Å². The first-order chi connectivity index (χ1) is 8.20. The number of hydrogen-bond donors (Lipinski definition) is 1. The van der Waals surface area contributed by atoms with E-state index in [1.54, 1.807) is 4.90 Å². The molecule has 0 unspecified atom stereocenters. The van der Waals surface area contributed by atoms with E-state index in [1.807, 2.05) is 6.92 Å². The van der Waals surface area contributed by atoms with Gasteiger partial charge in [-0.3, -0.25) is 4.79 Å². The van der Waals surface area contributed by atoms with Gasteiger partial charge in [0.25, 0.3) is 5.91 Å². The summed E-state index contributed by atoms with van der Waals surface area (Å²) in [5.74, 6) is -0.0749. The van der Waals surface area contributed by atoms with E-state index in [0.29, 0.717) is 23.2 Å². The number of anilines is 1. The zero-order chi connectivity index (χ0) is 12.3. The summed E-state index contributed by atoms with van der Waals surface area (Å²) in [6.07, 6.45) is 2.05. The molecule has 0 radical (unpaired) electrons. The van der Waals surface area contributed by atoms with Gasteiger partial charge >= 0.3 is 0 Å². The van der Waals surface area contributed by atoms with Gasteiger partial charge in [-0.25, -0.2) is 0 Å². The van der Waals surface area contributed by atoms with Crippen LogP contribution in [0, 0.1) is 0 Å². The van der Waals surface area contributed by atoms with Crippen LogP contribution < -0.4 is 5.73 Å². The molecule has 0 saturated carbocycles. The molecule has 0 atom stereocenters. The molecule has 94 valence electrons. The van der Waals surface area contributed by atoms with E-state index in [2.05, 4.69) is 10.2 Å². The summed E-state index contributed by atoms with van der Waals surface area (Å²) >= 11 is 1.13. The first-order valence-corrected chi connectivity index (χ1v) is 6.52. The lowest BCUT2D eigenvalue weighted by Gasteiger charge is -2.31. The number of ether oxygens (including phenoxy) is 1. The summed E-state index contributed by atoms with van der Waals surface area (Å²) in [5.41, 5.74) is 5.46. The van der Waals surface area contributed by atoms with Crippen LogP contribution in [0.4, 0.5) is 5.13 Å². The maximum absolute atomic E-state index is 12.0. The highest BCUT2D eigenvalue weighted by Crippen LogP contribution is 2.18. The second-order valence-corrected chi connectivity index (χ2v) is 4.90. The minimum Gasteiger partial charge on any atom is -0.378 e. The molecular weight excluding hydrogens is 240 g/mol. The maximum Gasteiger partial charge on any atom is 0.284 e. The molecule has 7 heteroatoms. The highest BCUT2D eigenvalue weighted by molar-refractivity contribution is 7.16. The lowest BCUT2D eigenvalue weighted by atomic mass is 10.1. The average molecular weight is 256 g/mol. The molecular formula is C10H16N4O2S. The highest BCUT2D eigenvalue weighted by Gasteiger charge is 2.25. The van der Waals surface area contributed by atoms with E-state index in [9.17, 15) is 4.79 Å². The molecule has 0 aliphatic carbocycles. The first-order valence-electron chi connectivity index (χ1n) is 5.70. The standard InChI is InChI=1S/C10H16N4O2S/c1-2-16-7-3-5-14(6-4-7)9(15)8-12-13-10(11)17-8/h7H,2-6H2,1H3,(H2,11,13). The Morgan fingerprint density at radius 1 is 1.53 bits per heavy atom. The number of rotatable bonds is 3. The Morgan fingerprint density at radius 2 is 2.24 bits per heavy atom. The summed E-state index contributed by atoms with van der Waals surface area (Å²) in [5, 5.41) is 8.12. The van der Waals surface area contributed by atoms with Gasteiger partial charge in [-0.05, 0) is 19.8 Å². The fourth-order valence-corrected chi connectivity index (χ4v) is 2.50. The van der Waals surface area contributed by atoms with Crippen LogP contribution in [-0.2, 0) is 4.74 Å². The van der Waals surface area contributed by atoms with E-state index in [0.717, 1.165) is 30.8 Å². The van der Waals surface area contributed by atoms with E-state index < -0.39 is 0 Å². The number of aromatic nitrogens is 2. The number of nitrogens with zero attached hydrogens (tertiary/aromatic N) is 3. The Hall–Kier alpha value is -1.21. The quantitative estimate of drug-likeness (QED) is 0.863. The molecule has 6 nitrogen and oxygen atoms in total. The Bertz CT molecular complexity index is 387. The number of amides is 1. The van der Waals surface area contributed by atoms with Crippen molar-refractivity contribution in [2.45, 2.75) is 25.9 Å². The number of carbonyl (C=O) groups excluding carboxylic acids is 1. The number of hydrogen-bond acceptors (Lipinski definition) is 6. The zero-order valence-corrected chi connectivity index (χ0v) is 10.6. The van der Waals surface area contributed by atoms with Gasteiger partial charge in [-0.15, -0.1) is 10.2 Å². The Labute approximate surface area is 104 Å². The molecule has 1 amide bonds. The van der Waals surface area contributed by atoms with Gasteiger partial charge in [0, 0.05) is 19.7 Å². The third kappa shape index (κ3) is 2.92. The molecule has 2 rings (SSSR count). The monoisotopic (exact) mass is 256 g/mol. The van der Waals surface area contributed by atoms with E-state index >= 15 is 0 Å². The van der Waals surface area contributed by atoms with Gasteiger partial charge in [0.05, 0.1) is 6.10 Å². The number of carbonyl (C=O) groups is 1. The van der Waals surface area contributed by atoms with Crippen LogP contribution in [-0.4, -0.2) is 46.8 Å². The van der Waals surface area contributed by atoms with Crippen molar-refractivity contribution >= 4 is 22.4 Å². The van der Waals surface area contributed by atoms with E-state index in [-0.39, 0.29) is 12.0 Å². The molecule has 1 aromatic rings. The molecule has 17 heavy (non-hydrogen) atoms. The van der Waals surface area contributed by atoms with Gasteiger partial charge in [0.2, 0.25) is 10.1 Å². The summed E-state index contributed by atoms with van der Waals surface area (Å²) < 4.78 is 5.54. The number of likely N-dealkylation sites (tertiary alicyclic amines) is 1. The SMILES string of the molecule is CCOC1CCN(C(=O)c2nnc(N)s2)CC1. The van der Waals surface area contributed by atoms with Crippen molar-refractivity contribution in [3.05, 3.63) is 5.01 Å². The van der Waals surface area contributed by atoms with Crippen LogP contribution in [0.3, 0.4) is 0 Å². The molecule has 2 N–H and O–H groups in total. The van der Waals surface area contributed by atoms with Crippen LogP contribution in [0.5, 0.6) is 0 Å². The zero-order valence-electron chi connectivity index (χ0n) is 9.76. The minimum absolute atomic E-state index is 0.0749. The largest absolute Gasteiger partial charge is 0.378 e. The molecule has 1 aliphatic rings. The normalized spacial score (nSPS) is 17.4. The van der Waals surface area contributed by atoms with Crippen molar-refractivity contribution in [2.75, 3.05) is 25.4 Å². The van der Waals surface area contributed by atoms with Gasteiger partial charge in [-0.2, -0.15) is 0 Å². The molecule has 1 aromatic heterocycles. The number of piperidine rings is 1. The highest BCUT2D eigenvalue weighted by atomic mass is 32.1. The topological polar surface area (TPSA) is 81.3 Å². The minimum atomic E-state index is -0.0749. The average Bonchev–Trinajstić information content (AvgIpc) is 2.76. The smallest absolute Gasteiger partial charge is 0.284 e. The van der Waals surface area contributed by atoms with Gasteiger partial charge in [-0.1, -0.05) is 11.3 Å². The number of nitrogen functional groups attached to an aromatic ring is 1. The van der Waals surface area contributed by atoms with Crippen molar-refractivity contribution < 1.29 is 9.53 Å². The van der Waals surface area contributed by atoms with Crippen molar-refractivity contribution in [1.29, 1.82) is 0 Å². The molecule has 1 saturated heterocycles. The summed E-state index contributed by atoms with van der Waals surface area (Å²) in [6, 6.07) is 0. The fraction of sp³-hybridized carbons (Fsp3) is 0.700. The molecule has 0 bridgehead atoms. The maximum atomic E-state index is 12.0. The van der Waals surface area contributed by atoms with Crippen molar-refractivity contribution in [1.82, 2.24) is 15.1 Å². The molecule has 0 aromatic carbocycles. The van der Waals surface area contributed by atoms with Crippen LogP contribution in [0.2, 0.25) is 0 Å². The lowest BCUT2D eigenvalue weighted by molar-refractivity contribution is 0.0145. The Kier molecular flexibility index (Phi) is 3.90. The lowest BCUT2D eigenvalue weighted by Crippen LogP contribution is -2.40. The van der Waals surface area contributed by atoms with Gasteiger partial charge in [0.15, 0.2) is 0 Å². The Balaban J connectivity index is 1.90. The van der Waals surface area contributed by atoms with Crippen molar-refractivity contribution in [3.63, 3.8) is 0 Å². The molecule has 1 aliphatic heterocycles. The second-order valence-electron chi connectivity index (χ2n) is 3.89. The van der Waals surface area contributed by atoms with Crippen LogP contribution >= 0.6 is 11.3 Å². The van der Waals surface area contributed by atoms with Gasteiger partial charge < -0.3 is 15.4 Å². The molecule has 0 spiro atoms. The first kappa shape index (κ1) is 12.3. The predicted octanol–water partition coefficient (Wildman–Crippen LogP) is 0.761. The molecule has 1 fully saturated rings. The summed E-state index contributed by atoms with van der Waals surface area (Å²) in [4.78, 5) is 13.8.